The summed E-state index contributed by atoms with van der Waals surface area (Å²) in [5.41, 5.74) is -2.15. The first kappa shape index (κ1) is 23.0. The second-order valence-electron chi connectivity index (χ2n) is 12.6. The van der Waals surface area contributed by atoms with Gasteiger partial charge in [0, 0.05) is 28.7 Å². The number of cyclic esters (lactones) is 1. The molecule has 4 fully saturated rings. The molecular formula is C28H34O7. The molecule has 2 saturated carbocycles. The van der Waals surface area contributed by atoms with Crippen molar-refractivity contribution in [1.82, 2.24) is 0 Å². The van der Waals surface area contributed by atoms with Crippen LogP contribution in [0.15, 0.2) is 35.2 Å². The molecule has 2 saturated heterocycles. The van der Waals surface area contributed by atoms with Gasteiger partial charge >= 0.3 is 11.9 Å². The summed E-state index contributed by atoms with van der Waals surface area (Å²) in [5, 5.41) is 0. The number of hydrogen-bond acceptors (Lipinski definition) is 7. The van der Waals surface area contributed by atoms with Crippen molar-refractivity contribution in [2.24, 2.45) is 33.5 Å². The standard InChI is InChI=1S/C28H34O7/c1-15(29)33-20-13-18-24(2,3)19(30)8-10-25(18,4)17-7-11-26(5)21(16-9-12-32-14-16)34-23(31)22-28(26,35-22)27(17,20)6/h8-10,12,14,17-18,20-22H,7,11,13H2,1-6H3/t17?,18?,20-,21-,22-,25-,26+,27+,28-/m1/s1. The summed E-state index contributed by atoms with van der Waals surface area (Å²) in [7, 11) is 0. The highest BCUT2D eigenvalue weighted by molar-refractivity contribution is 5.95. The summed E-state index contributed by atoms with van der Waals surface area (Å²) in [5.74, 6) is -0.603. The van der Waals surface area contributed by atoms with Crippen LogP contribution in [-0.2, 0) is 28.6 Å². The minimum Gasteiger partial charge on any atom is -0.472 e. The van der Waals surface area contributed by atoms with E-state index < -0.39 is 40.2 Å². The Morgan fingerprint density at radius 1 is 1.09 bits per heavy atom. The quantitative estimate of drug-likeness (QED) is 0.450. The van der Waals surface area contributed by atoms with E-state index in [1.165, 1.54) is 6.92 Å². The van der Waals surface area contributed by atoms with Crippen LogP contribution in [0.2, 0.25) is 0 Å². The molecule has 3 aliphatic carbocycles. The van der Waals surface area contributed by atoms with Gasteiger partial charge in [0.25, 0.3) is 0 Å². The zero-order valence-electron chi connectivity index (χ0n) is 21.3. The highest BCUT2D eigenvalue weighted by Gasteiger charge is 2.88. The van der Waals surface area contributed by atoms with Gasteiger partial charge in [0.05, 0.1) is 12.5 Å². The number of carbonyl (C=O) groups is 3. The third kappa shape index (κ3) is 2.48. The normalized spacial score (nSPS) is 49.1. The van der Waals surface area contributed by atoms with Crippen molar-refractivity contribution in [3.63, 3.8) is 0 Å². The van der Waals surface area contributed by atoms with E-state index in [2.05, 4.69) is 26.8 Å². The molecule has 1 aromatic rings. The van der Waals surface area contributed by atoms with Crippen LogP contribution in [-0.4, -0.2) is 35.5 Å². The van der Waals surface area contributed by atoms with Gasteiger partial charge in [-0.05, 0) is 48.7 Å². The van der Waals surface area contributed by atoms with Crippen molar-refractivity contribution in [2.75, 3.05) is 0 Å². The highest BCUT2D eigenvalue weighted by Crippen LogP contribution is 2.79. The van der Waals surface area contributed by atoms with Gasteiger partial charge in [-0.15, -0.1) is 0 Å². The topological polar surface area (TPSA) is 95.3 Å². The van der Waals surface area contributed by atoms with Crippen molar-refractivity contribution < 1.29 is 33.0 Å². The van der Waals surface area contributed by atoms with Crippen LogP contribution in [0.25, 0.3) is 0 Å². The third-order valence-corrected chi connectivity index (χ3v) is 10.8. The number of ether oxygens (including phenoxy) is 3. The molecule has 188 valence electrons. The Bertz CT molecular complexity index is 1150. The molecule has 1 spiro atoms. The Hall–Kier alpha value is -2.41. The second-order valence-corrected chi connectivity index (χ2v) is 12.6. The first-order valence-corrected chi connectivity index (χ1v) is 12.7. The minimum atomic E-state index is -0.853. The summed E-state index contributed by atoms with van der Waals surface area (Å²) in [6.45, 7) is 12.0. The second kappa shape index (κ2) is 6.67. The average molecular weight is 483 g/mol. The van der Waals surface area contributed by atoms with E-state index in [1.807, 2.05) is 19.9 Å². The third-order valence-electron chi connectivity index (χ3n) is 10.8. The first-order chi connectivity index (χ1) is 16.3. The van der Waals surface area contributed by atoms with Gasteiger partial charge in [0.15, 0.2) is 11.9 Å². The lowest BCUT2D eigenvalue weighted by Crippen LogP contribution is -2.72. The summed E-state index contributed by atoms with van der Waals surface area (Å²) < 4.78 is 24.0. The predicted octanol–water partition coefficient (Wildman–Crippen LogP) is 4.56. The zero-order valence-corrected chi connectivity index (χ0v) is 21.3. The number of esters is 2. The molecule has 6 rings (SSSR count). The summed E-state index contributed by atoms with van der Waals surface area (Å²) in [6, 6.07) is 1.84. The fraction of sp³-hybridized carbons (Fsp3) is 0.679. The van der Waals surface area contributed by atoms with Crippen LogP contribution < -0.4 is 0 Å². The van der Waals surface area contributed by atoms with Crippen LogP contribution in [0.3, 0.4) is 0 Å². The van der Waals surface area contributed by atoms with Crippen LogP contribution in [0.4, 0.5) is 0 Å². The van der Waals surface area contributed by atoms with Gasteiger partial charge in [0.1, 0.15) is 17.8 Å². The Morgan fingerprint density at radius 2 is 1.83 bits per heavy atom. The predicted molar refractivity (Wildman–Crippen MR) is 124 cm³/mol. The van der Waals surface area contributed by atoms with Gasteiger partial charge in [-0.2, -0.15) is 0 Å². The lowest BCUT2D eigenvalue weighted by molar-refractivity contribution is -0.251. The highest BCUT2D eigenvalue weighted by atomic mass is 16.7. The van der Waals surface area contributed by atoms with Crippen LogP contribution in [0.1, 0.15) is 72.5 Å². The van der Waals surface area contributed by atoms with Crippen molar-refractivity contribution in [2.45, 2.75) is 84.7 Å². The molecule has 7 nitrogen and oxygen atoms in total. The van der Waals surface area contributed by atoms with Crippen molar-refractivity contribution in [1.29, 1.82) is 0 Å². The molecule has 7 heteroatoms. The van der Waals surface area contributed by atoms with Crippen LogP contribution >= 0.6 is 0 Å². The number of carbonyl (C=O) groups excluding carboxylic acids is 3. The molecule has 0 N–H and O–H groups in total. The SMILES string of the molecule is CC(=O)O[C@@H]1CC2C(C)(C)C(=O)C=C[C@]2(C)C2CC[C@@]3(C)[C@@H](c4ccoc4)OC(=O)[C@H]4O[C@]43[C@@]21C. The van der Waals surface area contributed by atoms with Gasteiger partial charge in [-0.1, -0.05) is 40.7 Å². The smallest absolute Gasteiger partial charge is 0.339 e. The number of allylic oxidation sites excluding steroid dienone is 2. The van der Waals surface area contributed by atoms with Crippen molar-refractivity contribution in [3.8, 4) is 0 Å². The monoisotopic (exact) mass is 482 g/mol. The fourth-order valence-electron chi connectivity index (χ4n) is 9.20. The van der Waals surface area contributed by atoms with E-state index >= 15 is 0 Å². The van der Waals surface area contributed by atoms with Gasteiger partial charge in [0.2, 0.25) is 0 Å². The molecule has 3 heterocycles. The molecule has 9 atom stereocenters. The number of hydrogen-bond donors (Lipinski definition) is 0. The van der Waals surface area contributed by atoms with Crippen molar-refractivity contribution in [3.05, 3.63) is 36.3 Å². The van der Waals surface area contributed by atoms with Crippen LogP contribution in [0.5, 0.6) is 0 Å². The Balaban J connectivity index is 1.55. The lowest BCUT2D eigenvalue weighted by atomic mass is 9.35. The molecule has 0 bridgehead atoms. The van der Waals surface area contributed by atoms with E-state index in [4.69, 9.17) is 18.6 Å². The largest absolute Gasteiger partial charge is 0.472 e. The number of epoxide rings is 1. The average Bonchev–Trinajstić information content (AvgIpc) is 3.35. The first-order valence-electron chi connectivity index (χ1n) is 12.7. The van der Waals surface area contributed by atoms with Crippen molar-refractivity contribution >= 4 is 17.7 Å². The maximum absolute atomic E-state index is 13.2. The number of rotatable bonds is 2. The number of fused-ring (bicyclic) bond motifs is 3. The van der Waals surface area contributed by atoms with E-state index in [-0.39, 0.29) is 35.0 Å². The van der Waals surface area contributed by atoms with E-state index in [1.54, 1.807) is 18.6 Å². The molecule has 0 amide bonds. The summed E-state index contributed by atoms with van der Waals surface area (Å²) in [6.07, 6.45) is 7.46. The minimum absolute atomic E-state index is 0.00639. The van der Waals surface area contributed by atoms with E-state index in [9.17, 15) is 14.4 Å². The summed E-state index contributed by atoms with van der Waals surface area (Å²) >= 11 is 0. The maximum atomic E-state index is 13.2. The van der Waals surface area contributed by atoms with Crippen LogP contribution in [0, 0.1) is 33.5 Å². The molecule has 0 radical (unpaired) electrons. The molecular weight excluding hydrogens is 448 g/mol. The summed E-state index contributed by atoms with van der Waals surface area (Å²) in [4.78, 5) is 38.6. The molecule has 2 aliphatic heterocycles. The van der Waals surface area contributed by atoms with Gasteiger partial charge in [-0.25, -0.2) is 4.79 Å². The Labute approximate surface area is 205 Å². The zero-order chi connectivity index (χ0) is 25.2. The molecule has 35 heavy (non-hydrogen) atoms. The lowest BCUT2D eigenvalue weighted by Gasteiger charge is -2.68. The Kier molecular flexibility index (Phi) is 4.38. The fourth-order valence-corrected chi connectivity index (χ4v) is 9.20. The number of furan rings is 1. The Morgan fingerprint density at radius 3 is 2.49 bits per heavy atom. The molecule has 0 aromatic carbocycles. The molecule has 2 unspecified atom stereocenters. The molecule has 5 aliphatic rings. The van der Waals surface area contributed by atoms with E-state index in [0.717, 1.165) is 18.4 Å². The van der Waals surface area contributed by atoms with E-state index in [0.29, 0.717) is 6.42 Å². The maximum Gasteiger partial charge on any atom is 0.339 e. The van der Waals surface area contributed by atoms with Gasteiger partial charge in [-0.3, -0.25) is 9.59 Å². The number of ketones is 1. The molecule has 1 aromatic heterocycles. The van der Waals surface area contributed by atoms with Gasteiger partial charge < -0.3 is 18.6 Å².